The van der Waals surface area contributed by atoms with Crippen molar-refractivity contribution in [1.29, 1.82) is 0 Å². The lowest BCUT2D eigenvalue weighted by Gasteiger charge is -2.32. The molecule has 138 valence electrons. The number of rotatable bonds is 6. The van der Waals surface area contributed by atoms with Crippen LogP contribution in [-0.4, -0.2) is 35.0 Å². The molecule has 1 aliphatic carbocycles. The van der Waals surface area contributed by atoms with Crippen molar-refractivity contribution in [1.82, 2.24) is 15.3 Å². The van der Waals surface area contributed by atoms with Crippen LogP contribution in [0.3, 0.4) is 0 Å². The minimum Gasteiger partial charge on any atom is -0.365 e. The molecular formula is C18H23FN6O. The number of anilines is 3. The Morgan fingerprint density at radius 1 is 1.27 bits per heavy atom. The van der Waals surface area contributed by atoms with Crippen molar-refractivity contribution in [3.05, 3.63) is 42.0 Å². The summed E-state index contributed by atoms with van der Waals surface area (Å²) in [5.74, 6) is -1.05. The smallest absolute Gasteiger partial charge is 0.252 e. The molecular weight excluding hydrogens is 335 g/mol. The molecule has 0 bridgehead atoms. The molecule has 5 N–H and O–H groups in total. The molecule has 2 heterocycles. The van der Waals surface area contributed by atoms with Crippen molar-refractivity contribution in [2.75, 3.05) is 17.7 Å². The number of pyridine rings is 2. The first kappa shape index (κ1) is 18.1. The second-order valence-corrected chi connectivity index (χ2v) is 6.38. The molecule has 8 heteroatoms. The first-order valence-electron chi connectivity index (χ1n) is 8.69. The third-order valence-electron chi connectivity index (χ3n) is 4.62. The number of nitrogens with zero attached hydrogens (tertiary/aromatic N) is 2. The highest BCUT2D eigenvalue weighted by Gasteiger charge is 2.25. The normalized spacial score (nSPS) is 19.8. The number of amides is 1. The van der Waals surface area contributed by atoms with Gasteiger partial charge in [0, 0.05) is 18.3 Å². The Hall–Kier alpha value is -2.74. The summed E-state index contributed by atoms with van der Waals surface area (Å²) in [6.07, 6.45) is 7.39. The minimum atomic E-state index is -0.750. The Morgan fingerprint density at radius 3 is 2.69 bits per heavy atom. The zero-order valence-corrected chi connectivity index (χ0v) is 14.6. The molecule has 26 heavy (non-hydrogen) atoms. The second kappa shape index (κ2) is 8.09. The minimum absolute atomic E-state index is 0.00860. The number of nitrogens with one attached hydrogen (secondary N) is 3. The van der Waals surface area contributed by atoms with E-state index in [9.17, 15) is 9.18 Å². The highest BCUT2D eigenvalue weighted by atomic mass is 19.1. The fourth-order valence-electron chi connectivity index (χ4n) is 3.27. The lowest BCUT2D eigenvalue weighted by atomic mass is 9.90. The molecule has 0 saturated heterocycles. The molecule has 2 aromatic rings. The monoisotopic (exact) mass is 358 g/mol. The zero-order chi connectivity index (χ0) is 18.5. The maximum Gasteiger partial charge on any atom is 0.252 e. The van der Waals surface area contributed by atoms with E-state index in [1.807, 2.05) is 7.05 Å². The summed E-state index contributed by atoms with van der Waals surface area (Å²) in [4.78, 5) is 20.0. The molecule has 3 rings (SSSR count). The van der Waals surface area contributed by atoms with Gasteiger partial charge in [0.2, 0.25) is 0 Å². The van der Waals surface area contributed by atoms with E-state index in [4.69, 9.17) is 5.73 Å². The van der Waals surface area contributed by atoms with Crippen molar-refractivity contribution >= 4 is 23.2 Å². The third-order valence-corrected chi connectivity index (χ3v) is 4.62. The van der Waals surface area contributed by atoms with Crippen LogP contribution in [0.2, 0.25) is 0 Å². The number of aromatic nitrogens is 2. The van der Waals surface area contributed by atoms with Crippen molar-refractivity contribution in [3.63, 3.8) is 0 Å². The van der Waals surface area contributed by atoms with Crippen LogP contribution in [0, 0.1) is 5.82 Å². The molecule has 0 aliphatic heterocycles. The average molecular weight is 358 g/mol. The first-order chi connectivity index (χ1) is 12.6. The average Bonchev–Trinajstić information content (AvgIpc) is 2.65. The second-order valence-electron chi connectivity index (χ2n) is 6.38. The van der Waals surface area contributed by atoms with E-state index in [-0.39, 0.29) is 29.3 Å². The topological polar surface area (TPSA) is 105 Å². The van der Waals surface area contributed by atoms with Gasteiger partial charge in [0.05, 0.1) is 17.4 Å². The number of primary amides is 1. The van der Waals surface area contributed by atoms with E-state index in [1.54, 1.807) is 24.5 Å². The van der Waals surface area contributed by atoms with E-state index in [0.29, 0.717) is 5.69 Å². The van der Waals surface area contributed by atoms with E-state index < -0.39 is 11.7 Å². The summed E-state index contributed by atoms with van der Waals surface area (Å²) in [5, 5.41) is 9.44. The quantitative estimate of drug-likeness (QED) is 0.632. The van der Waals surface area contributed by atoms with Gasteiger partial charge < -0.3 is 21.7 Å². The first-order valence-corrected chi connectivity index (χ1v) is 8.69. The van der Waals surface area contributed by atoms with Gasteiger partial charge in [0.15, 0.2) is 11.6 Å². The summed E-state index contributed by atoms with van der Waals surface area (Å²) >= 11 is 0. The number of hydrogen-bond acceptors (Lipinski definition) is 6. The lowest BCUT2D eigenvalue weighted by molar-refractivity contribution is 0.100. The molecule has 2 unspecified atom stereocenters. The predicted octanol–water partition coefficient (Wildman–Crippen LogP) is 2.40. The summed E-state index contributed by atoms with van der Waals surface area (Å²) in [7, 11) is 1.90. The van der Waals surface area contributed by atoms with Gasteiger partial charge in [-0.3, -0.25) is 9.78 Å². The fraction of sp³-hybridized carbons (Fsp3) is 0.389. The van der Waals surface area contributed by atoms with Crippen molar-refractivity contribution < 1.29 is 9.18 Å². The van der Waals surface area contributed by atoms with Crippen LogP contribution in [0.4, 0.5) is 21.7 Å². The van der Waals surface area contributed by atoms with Gasteiger partial charge in [0.1, 0.15) is 5.82 Å². The van der Waals surface area contributed by atoms with Crippen LogP contribution in [0.25, 0.3) is 0 Å². The molecule has 1 amide bonds. The van der Waals surface area contributed by atoms with Crippen LogP contribution in [-0.2, 0) is 0 Å². The molecule has 2 aromatic heterocycles. The van der Waals surface area contributed by atoms with Crippen molar-refractivity contribution in [2.24, 2.45) is 5.73 Å². The lowest BCUT2D eigenvalue weighted by Crippen LogP contribution is -2.45. The molecule has 2 atom stereocenters. The molecule has 1 saturated carbocycles. The van der Waals surface area contributed by atoms with Crippen LogP contribution >= 0.6 is 0 Å². The molecule has 0 aromatic carbocycles. The van der Waals surface area contributed by atoms with Gasteiger partial charge in [-0.15, -0.1) is 0 Å². The highest BCUT2D eigenvalue weighted by molar-refractivity contribution is 5.98. The summed E-state index contributed by atoms with van der Waals surface area (Å²) < 4.78 is 14.5. The summed E-state index contributed by atoms with van der Waals surface area (Å²) in [5.41, 5.74) is 6.01. The Morgan fingerprint density at radius 2 is 2.04 bits per heavy atom. The van der Waals surface area contributed by atoms with E-state index in [1.165, 1.54) is 0 Å². The summed E-state index contributed by atoms with van der Waals surface area (Å²) in [6, 6.07) is 4.95. The Balaban J connectivity index is 1.90. The van der Waals surface area contributed by atoms with E-state index >= 15 is 0 Å². The SMILES string of the molecule is CNC1CCCCC1Nc1nc(Nc2cccnc2)c(C(N)=O)cc1F. The maximum atomic E-state index is 14.5. The number of likely N-dealkylation sites (N-methyl/N-ethyl adjacent to an activating group) is 1. The number of halogens is 1. The van der Waals surface area contributed by atoms with E-state index in [0.717, 1.165) is 31.7 Å². The molecule has 0 radical (unpaired) electrons. The van der Waals surface area contributed by atoms with Gasteiger partial charge in [-0.05, 0) is 38.1 Å². The number of carbonyl (C=O) groups excluding carboxylic acids is 1. The van der Waals surface area contributed by atoms with Crippen LogP contribution in [0.15, 0.2) is 30.6 Å². The standard InChI is InChI=1S/C18H23FN6O/c1-21-14-6-2-3-7-15(14)24-18-13(19)9-12(16(20)26)17(25-18)23-11-5-4-8-22-10-11/h4-5,8-10,14-15,21H,2-3,6-7H2,1H3,(H2,20,26)(H2,23,24,25). The number of nitrogens with two attached hydrogens (primary N) is 1. The van der Waals surface area contributed by atoms with Crippen LogP contribution in [0.1, 0.15) is 36.0 Å². The number of hydrogen-bond donors (Lipinski definition) is 4. The molecule has 1 fully saturated rings. The van der Waals surface area contributed by atoms with Crippen LogP contribution in [0.5, 0.6) is 0 Å². The van der Waals surface area contributed by atoms with Gasteiger partial charge >= 0.3 is 0 Å². The van der Waals surface area contributed by atoms with Crippen molar-refractivity contribution in [3.8, 4) is 0 Å². The highest BCUT2D eigenvalue weighted by Crippen LogP contribution is 2.26. The van der Waals surface area contributed by atoms with E-state index in [2.05, 4.69) is 25.9 Å². The molecule has 1 aliphatic rings. The van der Waals surface area contributed by atoms with Gasteiger partial charge in [0.25, 0.3) is 5.91 Å². The Labute approximate surface area is 151 Å². The van der Waals surface area contributed by atoms with Crippen LogP contribution < -0.4 is 21.7 Å². The third kappa shape index (κ3) is 4.08. The number of carbonyl (C=O) groups is 1. The fourth-order valence-corrected chi connectivity index (χ4v) is 3.27. The Kier molecular flexibility index (Phi) is 5.62. The summed E-state index contributed by atoms with van der Waals surface area (Å²) in [6.45, 7) is 0. The predicted molar refractivity (Wildman–Crippen MR) is 99.0 cm³/mol. The Bertz CT molecular complexity index is 770. The van der Waals surface area contributed by atoms with Gasteiger partial charge in [-0.2, -0.15) is 0 Å². The van der Waals surface area contributed by atoms with Gasteiger partial charge in [-0.1, -0.05) is 12.8 Å². The maximum absolute atomic E-state index is 14.5. The zero-order valence-electron chi connectivity index (χ0n) is 14.6. The van der Waals surface area contributed by atoms with Crippen molar-refractivity contribution in [2.45, 2.75) is 37.8 Å². The molecule has 7 nitrogen and oxygen atoms in total. The van der Waals surface area contributed by atoms with Gasteiger partial charge in [-0.25, -0.2) is 9.37 Å². The molecule has 0 spiro atoms. The largest absolute Gasteiger partial charge is 0.365 e.